The quantitative estimate of drug-likeness (QED) is 0.541. The lowest BCUT2D eigenvalue weighted by molar-refractivity contribution is 0.000787. The SMILES string of the molecule is CC(C)(C)OC(=O)N1CCCC(F)(CI)C1. The monoisotopic (exact) mass is 343 g/mol. The largest absolute Gasteiger partial charge is 0.444 e. The molecule has 3 nitrogen and oxygen atoms in total. The highest BCUT2D eigenvalue weighted by Crippen LogP contribution is 2.28. The van der Waals surface area contributed by atoms with Crippen molar-refractivity contribution in [2.24, 2.45) is 0 Å². The van der Waals surface area contributed by atoms with Crippen LogP contribution in [0.25, 0.3) is 0 Å². The smallest absolute Gasteiger partial charge is 0.410 e. The molecular formula is C11H19FINO2. The van der Waals surface area contributed by atoms with Crippen molar-refractivity contribution in [2.45, 2.75) is 44.9 Å². The molecule has 0 N–H and O–H groups in total. The Hall–Kier alpha value is -0.0700. The molecule has 0 radical (unpaired) electrons. The van der Waals surface area contributed by atoms with E-state index in [1.807, 2.05) is 43.4 Å². The van der Waals surface area contributed by atoms with E-state index in [4.69, 9.17) is 4.74 Å². The summed E-state index contributed by atoms with van der Waals surface area (Å²) in [4.78, 5) is 13.2. The molecule has 1 rings (SSSR count). The van der Waals surface area contributed by atoms with E-state index in [0.717, 1.165) is 0 Å². The highest BCUT2D eigenvalue weighted by Gasteiger charge is 2.37. The topological polar surface area (TPSA) is 29.5 Å². The summed E-state index contributed by atoms with van der Waals surface area (Å²) >= 11 is 2.03. The number of piperidine rings is 1. The number of carbonyl (C=O) groups excluding carboxylic acids is 1. The highest BCUT2D eigenvalue weighted by molar-refractivity contribution is 14.1. The van der Waals surface area contributed by atoms with E-state index in [9.17, 15) is 9.18 Å². The van der Waals surface area contributed by atoms with Gasteiger partial charge in [0.05, 0.1) is 6.54 Å². The first-order valence-electron chi connectivity index (χ1n) is 5.49. The molecule has 5 heteroatoms. The maximum Gasteiger partial charge on any atom is 0.410 e. The summed E-state index contributed by atoms with van der Waals surface area (Å²) in [5, 5.41) is 0. The Morgan fingerprint density at radius 3 is 2.69 bits per heavy atom. The van der Waals surface area contributed by atoms with Crippen LogP contribution in [-0.2, 0) is 4.74 Å². The van der Waals surface area contributed by atoms with Crippen LogP contribution in [0.2, 0.25) is 0 Å². The molecule has 1 fully saturated rings. The van der Waals surface area contributed by atoms with Gasteiger partial charge >= 0.3 is 6.09 Å². The summed E-state index contributed by atoms with van der Waals surface area (Å²) in [5.41, 5.74) is -1.76. The number of rotatable bonds is 1. The van der Waals surface area contributed by atoms with Gasteiger partial charge < -0.3 is 9.64 Å². The van der Waals surface area contributed by atoms with Crippen LogP contribution in [0, 0.1) is 0 Å². The maximum atomic E-state index is 14.1. The number of hydrogen-bond acceptors (Lipinski definition) is 2. The molecule has 0 aromatic rings. The Kier molecular flexibility index (Phi) is 4.42. The van der Waals surface area contributed by atoms with Gasteiger partial charge in [-0.15, -0.1) is 0 Å². The second-order valence-electron chi connectivity index (χ2n) is 5.29. The van der Waals surface area contributed by atoms with E-state index in [1.54, 1.807) is 0 Å². The van der Waals surface area contributed by atoms with E-state index in [-0.39, 0.29) is 6.54 Å². The third-order valence-electron chi connectivity index (χ3n) is 2.42. The van der Waals surface area contributed by atoms with Gasteiger partial charge in [0.15, 0.2) is 0 Å². The van der Waals surface area contributed by atoms with E-state index in [0.29, 0.717) is 23.8 Å². The molecule has 1 aliphatic rings. The Morgan fingerprint density at radius 2 is 2.19 bits per heavy atom. The minimum Gasteiger partial charge on any atom is -0.444 e. The molecule has 1 amide bonds. The number of alkyl halides is 2. The lowest BCUT2D eigenvalue weighted by atomic mass is 9.97. The molecule has 0 spiro atoms. The fraction of sp³-hybridized carbons (Fsp3) is 0.909. The van der Waals surface area contributed by atoms with Gasteiger partial charge in [-0.05, 0) is 33.6 Å². The average Bonchev–Trinajstić information content (AvgIpc) is 2.15. The van der Waals surface area contributed by atoms with Crippen molar-refractivity contribution in [1.29, 1.82) is 0 Å². The zero-order chi connectivity index (χ0) is 12.4. The van der Waals surface area contributed by atoms with E-state index in [2.05, 4.69) is 0 Å². The van der Waals surface area contributed by atoms with Gasteiger partial charge in [-0.1, -0.05) is 22.6 Å². The van der Waals surface area contributed by atoms with E-state index >= 15 is 0 Å². The third kappa shape index (κ3) is 4.07. The average molecular weight is 343 g/mol. The van der Waals surface area contributed by atoms with Crippen LogP contribution >= 0.6 is 22.6 Å². The van der Waals surface area contributed by atoms with Gasteiger partial charge in [0.1, 0.15) is 11.3 Å². The Morgan fingerprint density at radius 1 is 1.56 bits per heavy atom. The molecule has 0 aromatic carbocycles. The molecule has 1 heterocycles. The zero-order valence-corrected chi connectivity index (χ0v) is 12.2. The minimum absolute atomic E-state index is 0.158. The van der Waals surface area contributed by atoms with Crippen LogP contribution in [0.15, 0.2) is 0 Å². The second kappa shape index (κ2) is 5.06. The van der Waals surface area contributed by atoms with Crippen molar-refractivity contribution in [3.8, 4) is 0 Å². The lowest BCUT2D eigenvalue weighted by Gasteiger charge is -2.37. The van der Waals surface area contributed by atoms with Gasteiger partial charge in [0, 0.05) is 11.0 Å². The van der Waals surface area contributed by atoms with Crippen molar-refractivity contribution in [3.63, 3.8) is 0 Å². The van der Waals surface area contributed by atoms with Crippen molar-refractivity contribution in [1.82, 2.24) is 4.90 Å². The van der Waals surface area contributed by atoms with Gasteiger partial charge in [-0.3, -0.25) is 0 Å². The molecule has 0 saturated carbocycles. The van der Waals surface area contributed by atoms with Crippen LogP contribution < -0.4 is 0 Å². The molecule has 0 bridgehead atoms. The van der Waals surface area contributed by atoms with Gasteiger partial charge in [0.25, 0.3) is 0 Å². The summed E-state index contributed by atoms with van der Waals surface area (Å²) < 4.78 is 19.7. The molecular weight excluding hydrogens is 324 g/mol. The first kappa shape index (κ1) is 14.0. The summed E-state index contributed by atoms with van der Waals surface area (Å²) in [6.07, 6.45) is 0.840. The van der Waals surface area contributed by atoms with Crippen LogP contribution in [0.4, 0.5) is 9.18 Å². The van der Waals surface area contributed by atoms with Gasteiger partial charge in [0.2, 0.25) is 0 Å². The Bertz CT molecular complexity index is 267. The van der Waals surface area contributed by atoms with Crippen molar-refractivity contribution < 1.29 is 13.9 Å². The van der Waals surface area contributed by atoms with E-state index in [1.165, 1.54) is 4.90 Å². The molecule has 1 unspecified atom stereocenters. The minimum atomic E-state index is -1.24. The summed E-state index contributed by atoms with van der Waals surface area (Å²) in [5.74, 6) is 0. The molecule has 1 saturated heterocycles. The fourth-order valence-corrected chi connectivity index (χ4v) is 2.30. The molecule has 0 aromatic heterocycles. The zero-order valence-electron chi connectivity index (χ0n) is 10.1. The Balaban J connectivity index is 2.57. The fourth-order valence-electron chi connectivity index (χ4n) is 1.68. The number of carbonyl (C=O) groups is 1. The third-order valence-corrected chi connectivity index (χ3v) is 3.79. The van der Waals surface area contributed by atoms with Crippen LogP contribution in [0.5, 0.6) is 0 Å². The summed E-state index contributed by atoms with van der Waals surface area (Å²) in [6.45, 7) is 6.20. The van der Waals surface area contributed by atoms with Crippen LogP contribution in [0.3, 0.4) is 0 Å². The van der Waals surface area contributed by atoms with Crippen molar-refractivity contribution in [3.05, 3.63) is 0 Å². The summed E-state index contributed by atoms with van der Waals surface area (Å²) in [6, 6.07) is 0. The van der Waals surface area contributed by atoms with Crippen LogP contribution in [0.1, 0.15) is 33.6 Å². The summed E-state index contributed by atoms with van der Waals surface area (Å²) in [7, 11) is 0. The number of nitrogens with zero attached hydrogens (tertiary/aromatic N) is 1. The number of likely N-dealkylation sites (tertiary alicyclic amines) is 1. The molecule has 16 heavy (non-hydrogen) atoms. The predicted molar refractivity (Wildman–Crippen MR) is 69.8 cm³/mol. The second-order valence-corrected chi connectivity index (χ2v) is 6.05. The maximum absolute atomic E-state index is 14.1. The highest BCUT2D eigenvalue weighted by atomic mass is 127. The number of halogens is 2. The lowest BCUT2D eigenvalue weighted by Crippen LogP contribution is -2.50. The van der Waals surface area contributed by atoms with Crippen molar-refractivity contribution in [2.75, 3.05) is 17.5 Å². The molecule has 0 aliphatic carbocycles. The van der Waals surface area contributed by atoms with Crippen molar-refractivity contribution >= 4 is 28.7 Å². The Labute approximate surface area is 110 Å². The normalized spacial score (nSPS) is 26.7. The van der Waals surface area contributed by atoms with E-state index < -0.39 is 17.4 Å². The standard InChI is InChI=1S/C11H19FINO2/c1-10(2,3)16-9(15)14-6-4-5-11(12,7-13)8-14/h4-8H2,1-3H3. The van der Waals surface area contributed by atoms with Gasteiger partial charge in [-0.25, -0.2) is 9.18 Å². The first-order valence-corrected chi connectivity index (χ1v) is 7.01. The van der Waals surface area contributed by atoms with Gasteiger partial charge in [-0.2, -0.15) is 0 Å². The van der Waals surface area contributed by atoms with Crippen LogP contribution in [-0.4, -0.2) is 39.8 Å². The molecule has 1 atom stereocenters. The first-order chi connectivity index (χ1) is 7.26. The number of amides is 1. The predicted octanol–water partition coefficient (Wildman–Crippen LogP) is 3.16. The number of hydrogen-bond donors (Lipinski definition) is 0. The molecule has 94 valence electrons. The number of ether oxygens (including phenoxy) is 1. The molecule has 1 aliphatic heterocycles.